The maximum atomic E-state index is 7.36. The Bertz CT molecular complexity index is 935. The van der Waals surface area contributed by atoms with E-state index in [9.17, 15) is 0 Å². The van der Waals surface area contributed by atoms with Gasteiger partial charge in [0.05, 0.1) is 6.10 Å². The number of alkyl halides is 1. The van der Waals surface area contributed by atoms with E-state index in [0.29, 0.717) is 48.1 Å². The molecule has 2 N–H and O–H groups in total. The van der Waals surface area contributed by atoms with Crippen molar-refractivity contribution in [1.29, 1.82) is 0 Å². The van der Waals surface area contributed by atoms with Crippen LogP contribution in [0.3, 0.4) is 0 Å². The smallest absolute Gasteiger partial charge is 0.0616 e. The minimum absolute atomic E-state index is 0.284. The Balaban J connectivity index is 1.10. The molecular weight excluding hydrogens is 594 g/mol. The topological polar surface area (TPSA) is 43.0 Å². The first-order chi connectivity index (χ1) is 20.9. The highest BCUT2D eigenvalue weighted by atomic mass is 35.5. The molecule has 246 valence electrons. The molecule has 7 fully saturated rings. The van der Waals surface area contributed by atoms with Crippen LogP contribution in [0.4, 0.5) is 0 Å². The Kier molecular flexibility index (Phi) is 10.6. The first kappa shape index (κ1) is 32.3. The molecule has 4 aliphatic heterocycles. The highest BCUT2D eigenvalue weighted by Gasteiger charge is 2.55. The molecule has 0 aromatic carbocycles. The van der Waals surface area contributed by atoms with Gasteiger partial charge < -0.3 is 9.64 Å². The van der Waals surface area contributed by atoms with E-state index in [1.807, 2.05) is 0 Å². The van der Waals surface area contributed by atoms with Crippen LogP contribution in [-0.2, 0) is 4.74 Å². The third-order valence-corrected chi connectivity index (χ3v) is 16.5. The van der Waals surface area contributed by atoms with Crippen molar-refractivity contribution in [3.8, 4) is 0 Å². The summed E-state index contributed by atoms with van der Waals surface area (Å²) in [5.41, 5.74) is 7.78. The molecule has 14 atom stereocenters. The van der Waals surface area contributed by atoms with Crippen molar-refractivity contribution >= 4 is 35.1 Å². The molecule has 6 nitrogen and oxygen atoms in total. The van der Waals surface area contributed by atoms with Crippen LogP contribution in [0, 0.1) is 35.5 Å². The number of halogens is 1. The van der Waals surface area contributed by atoms with E-state index >= 15 is 0 Å². The largest absolute Gasteiger partial charge is 0.378 e. The number of ether oxygens (including phenoxy) is 1. The lowest BCUT2D eigenvalue weighted by Gasteiger charge is -2.46. The van der Waals surface area contributed by atoms with Crippen molar-refractivity contribution in [1.82, 2.24) is 25.8 Å². The monoisotopic (exact) mass is 653 g/mol. The van der Waals surface area contributed by atoms with E-state index in [1.54, 1.807) is 0 Å². The molecule has 8 bridgehead atoms. The molecule has 4 heterocycles. The van der Waals surface area contributed by atoms with Crippen molar-refractivity contribution in [2.45, 2.75) is 124 Å². The van der Waals surface area contributed by atoms with Crippen molar-refractivity contribution in [2.24, 2.45) is 35.5 Å². The van der Waals surface area contributed by atoms with Gasteiger partial charge in [0.2, 0.25) is 0 Å². The summed E-state index contributed by atoms with van der Waals surface area (Å²) in [5.74, 6) is 8.08. The molecule has 3 saturated carbocycles. The van der Waals surface area contributed by atoms with Gasteiger partial charge in [0.1, 0.15) is 0 Å². The van der Waals surface area contributed by atoms with Crippen LogP contribution in [0.25, 0.3) is 0 Å². The number of likely N-dealkylation sites (tertiary alicyclic amines) is 1. The molecule has 9 heteroatoms. The van der Waals surface area contributed by atoms with Crippen molar-refractivity contribution in [2.75, 3.05) is 51.6 Å². The Morgan fingerprint density at radius 1 is 0.791 bits per heavy atom. The zero-order valence-corrected chi connectivity index (χ0v) is 29.7. The summed E-state index contributed by atoms with van der Waals surface area (Å²) < 4.78 is 6.91. The second-order valence-electron chi connectivity index (χ2n) is 15.7. The first-order valence-electron chi connectivity index (χ1n) is 18.0. The van der Waals surface area contributed by atoms with E-state index in [2.05, 4.69) is 77.4 Å². The summed E-state index contributed by atoms with van der Waals surface area (Å²) in [6.45, 7) is 4.66. The zero-order chi connectivity index (χ0) is 29.7. The van der Waals surface area contributed by atoms with Gasteiger partial charge in [0.25, 0.3) is 0 Å². The lowest BCUT2D eigenvalue weighted by atomic mass is 9.66. The standard InChI is InChI=1S/C34H60ClN5OS2/c1-21-32-30(37-39(21)3)20-42-18-24-15-25(40(4)36-24)19-43-26-14-22-8-5-6-10-27(22)31(16-26)41-13-7-9-23-17-38(2)34-28(23)11-12-29(35)33(32)34/h21-34,36-37H,5-20H2,1-4H3. The number of fused-ring (bicyclic) bond motifs is 8. The fourth-order valence-corrected chi connectivity index (χ4v) is 14.3. The Morgan fingerprint density at radius 2 is 1.63 bits per heavy atom. The minimum atomic E-state index is 0.284. The van der Waals surface area contributed by atoms with Gasteiger partial charge in [-0.05, 0) is 101 Å². The molecule has 7 rings (SSSR count). The molecular formula is C34H60ClN5OS2. The van der Waals surface area contributed by atoms with Gasteiger partial charge in [0, 0.05) is 85.3 Å². The number of rotatable bonds is 0. The summed E-state index contributed by atoms with van der Waals surface area (Å²) in [7, 11) is 6.96. The summed E-state index contributed by atoms with van der Waals surface area (Å²) >= 11 is 11.8. The van der Waals surface area contributed by atoms with E-state index in [-0.39, 0.29) is 5.38 Å². The Labute approximate surface area is 276 Å². The quantitative estimate of drug-likeness (QED) is 0.330. The fourth-order valence-electron chi connectivity index (χ4n) is 11.1. The maximum Gasteiger partial charge on any atom is 0.0616 e. The first-order valence-corrected chi connectivity index (χ1v) is 20.6. The van der Waals surface area contributed by atoms with Gasteiger partial charge in [-0.25, -0.2) is 10.0 Å². The van der Waals surface area contributed by atoms with Gasteiger partial charge in [-0.15, -0.1) is 11.6 Å². The fraction of sp³-hybridized carbons (Fsp3) is 1.00. The number of hydrogen-bond acceptors (Lipinski definition) is 8. The average molecular weight is 654 g/mol. The molecule has 43 heavy (non-hydrogen) atoms. The van der Waals surface area contributed by atoms with Gasteiger partial charge in [0.15, 0.2) is 0 Å². The van der Waals surface area contributed by atoms with Crippen LogP contribution >= 0.6 is 35.1 Å². The van der Waals surface area contributed by atoms with Crippen molar-refractivity contribution in [3.05, 3.63) is 0 Å². The van der Waals surface area contributed by atoms with Gasteiger partial charge in [-0.1, -0.05) is 19.3 Å². The SMILES string of the molecule is CC1C2C(CSCC3CC(CSC4CC5CCCCC5C(C4)OCCCC4CN(C)C5C4CCC(Cl)C25)N(C)N3)NN1C. The summed E-state index contributed by atoms with van der Waals surface area (Å²) in [4.78, 5) is 2.74. The predicted molar refractivity (Wildman–Crippen MR) is 184 cm³/mol. The second-order valence-corrected chi connectivity index (χ2v) is 18.7. The summed E-state index contributed by atoms with van der Waals surface area (Å²) in [6.07, 6.45) is 15.2. The lowest BCUT2D eigenvalue weighted by Crippen LogP contribution is -2.52. The summed E-state index contributed by atoms with van der Waals surface area (Å²) in [6, 6.07) is 2.85. The zero-order valence-electron chi connectivity index (χ0n) is 27.3. The molecule has 0 amide bonds. The average Bonchev–Trinajstić information content (AvgIpc) is 3.61. The highest BCUT2D eigenvalue weighted by molar-refractivity contribution is 8.00. The Hall–Kier alpha value is 0.750. The number of nitrogens with one attached hydrogen (secondary N) is 2. The van der Waals surface area contributed by atoms with Crippen LogP contribution in [0.1, 0.15) is 77.6 Å². The number of nitrogens with zero attached hydrogens (tertiary/aromatic N) is 3. The van der Waals surface area contributed by atoms with Crippen LogP contribution < -0.4 is 10.9 Å². The Morgan fingerprint density at radius 3 is 2.51 bits per heavy atom. The van der Waals surface area contributed by atoms with E-state index in [0.717, 1.165) is 35.5 Å². The van der Waals surface area contributed by atoms with Gasteiger partial charge in [-0.3, -0.25) is 10.9 Å². The van der Waals surface area contributed by atoms with Crippen LogP contribution in [0.15, 0.2) is 0 Å². The molecule has 3 aliphatic carbocycles. The van der Waals surface area contributed by atoms with Crippen LogP contribution in [0.2, 0.25) is 0 Å². The highest BCUT2D eigenvalue weighted by Crippen LogP contribution is 2.51. The molecule has 14 unspecified atom stereocenters. The maximum absolute atomic E-state index is 7.36. The van der Waals surface area contributed by atoms with E-state index in [1.165, 1.54) is 94.4 Å². The molecule has 0 aromatic heterocycles. The van der Waals surface area contributed by atoms with Crippen molar-refractivity contribution < 1.29 is 4.74 Å². The lowest BCUT2D eigenvalue weighted by molar-refractivity contribution is -0.0467. The summed E-state index contributed by atoms with van der Waals surface area (Å²) in [5, 5.41) is 5.92. The van der Waals surface area contributed by atoms with Crippen LogP contribution in [-0.4, -0.2) is 113 Å². The van der Waals surface area contributed by atoms with E-state index < -0.39 is 0 Å². The molecule has 0 spiro atoms. The van der Waals surface area contributed by atoms with Crippen LogP contribution in [0.5, 0.6) is 0 Å². The molecule has 0 radical (unpaired) electrons. The third kappa shape index (κ3) is 6.72. The minimum Gasteiger partial charge on any atom is -0.378 e. The molecule has 0 aromatic rings. The van der Waals surface area contributed by atoms with E-state index in [4.69, 9.17) is 16.3 Å². The number of hydrogen-bond donors (Lipinski definition) is 2. The molecule has 7 aliphatic rings. The van der Waals surface area contributed by atoms with Gasteiger partial charge >= 0.3 is 0 Å². The predicted octanol–water partition coefficient (Wildman–Crippen LogP) is 5.57. The van der Waals surface area contributed by atoms with Gasteiger partial charge in [-0.2, -0.15) is 23.5 Å². The molecule has 4 saturated heterocycles. The third-order valence-electron chi connectivity index (χ3n) is 13.3. The van der Waals surface area contributed by atoms with Crippen molar-refractivity contribution in [3.63, 3.8) is 0 Å². The second kappa shape index (κ2) is 14.1. The number of thioether (sulfide) groups is 2. The normalized spacial score (nSPS) is 51.0. The number of hydrazine groups is 2.